The number of rotatable bonds is 2. The van der Waals surface area contributed by atoms with Crippen LogP contribution in [-0.4, -0.2) is 7.85 Å². The molecular formula is C8H13B. The van der Waals surface area contributed by atoms with Crippen molar-refractivity contribution in [2.75, 3.05) is 0 Å². The fraction of sp³-hybridized carbons (Fsp3) is 0.750. The van der Waals surface area contributed by atoms with Crippen LogP contribution in [0.2, 0.25) is 0 Å². The van der Waals surface area contributed by atoms with Crippen molar-refractivity contribution in [2.45, 2.75) is 32.6 Å². The van der Waals surface area contributed by atoms with Crippen LogP contribution >= 0.6 is 0 Å². The van der Waals surface area contributed by atoms with Crippen LogP contribution in [0.15, 0.2) is 11.5 Å². The Balaban J connectivity index is 2.31. The number of allylic oxidation sites excluding steroid dienone is 2. The topological polar surface area (TPSA) is 0 Å². The van der Waals surface area contributed by atoms with E-state index in [0.29, 0.717) is 0 Å². The van der Waals surface area contributed by atoms with Gasteiger partial charge in [-0.15, -0.1) is 5.47 Å². The van der Waals surface area contributed by atoms with E-state index in [0.717, 1.165) is 17.8 Å². The van der Waals surface area contributed by atoms with Crippen molar-refractivity contribution in [3.63, 3.8) is 0 Å². The molecule has 0 aromatic heterocycles. The SMILES string of the molecule is [B]/C(=C\CC)C1CCC1. The molecule has 0 aromatic rings. The Morgan fingerprint density at radius 2 is 2.33 bits per heavy atom. The van der Waals surface area contributed by atoms with E-state index in [1.807, 2.05) is 0 Å². The summed E-state index contributed by atoms with van der Waals surface area (Å²) >= 11 is 0. The van der Waals surface area contributed by atoms with Crippen molar-refractivity contribution < 1.29 is 0 Å². The molecule has 1 fully saturated rings. The molecule has 1 saturated carbocycles. The zero-order valence-electron chi connectivity index (χ0n) is 6.06. The van der Waals surface area contributed by atoms with Gasteiger partial charge in [0.1, 0.15) is 7.85 Å². The van der Waals surface area contributed by atoms with Crippen LogP contribution in [0.4, 0.5) is 0 Å². The van der Waals surface area contributed by atoms with E-state index in [-0.39, 0.29) is 0 Å². The minimum atomic E-state index is 0.741. The predicted molar refractivity (Wildman–Crippen MR) is 41.5 cm³/mol. The highest BCUT2D eigenvalue weighted by atomic mass is 14.2. The highest BCUT2D eigenvalue weighted by Crippen LogP contribution is 2.31. The molecule has 0 nitrogen and oxygen atoms in total. The minimum absolute atomic E-state index is 0.741. The summed E-state index contributed by atoms with van der Waals surface area (Å²) in [4.78, 5) is 0. The third-order valence-corrected chi connectivity index (χ3v) is 2.02. The quantitative estimate of drug-likeness (QED) is 0.490. The van der Waals surface area contributed by atoms with Crippen molar-refractivity contribution in [1.29, 1.82) is 0 Å². The van der Waals surface area contributed by atoms with Gasteiger partial charge in [0.05, 0.1) is 0 Å². The molecular weight excluding hydrogens is 107 g/mol. The van der Waals surface area contributed by atoms with Gasteiger partial charge in [0, 0.05) is 0 Å². The second-order valence-corrected chi connectivity index (χ2v) is 2.74. The smallest absolute Gasteiger partial charge is 0.107 e. The third kappa shape index (κ3) is 1.60. The Labute approximate surface area is 58.8 Å². The monoisotopic (exact) mass is 120 g/mol. The van der Waals surface area contributed by atoms with E-state index in [4.69, 9.17) is 7.85 Å². The van der Waals surface area contributed by atoms with Crippen LogP contribution < -0.4 is 0 Å². The molecule has 0 aromatic carbocycles. The lowest BCUT2D eigenvalue weighted by Crippen LogP contribution is -2.13. The molecule has 0 unspecified atom stereocenters. The summed E-state index contributed by atoms with van der Waals surface area (Å²) in [5, 5.41) is 0. The van der Waals surface area contributed by atoms with E-state index < -0.39 is 0 Å². The van der Waals surface area contributed by atoms with Crippen LogP contribution in [0.5, 0.6) is 0 Å². The normalized spacial score (nSPS) is 21.7. The van der Waals surface area contributed by atoms with Crippen molar-refractivity contribution in [2.24, 2.45) is 5.92 Å². The van der Waals surface area contributed by atoms with Gasteiger partial charge in [-0.3, -0.25) is 0 Å². The highest BCUT2D eigenvalue weighted by molar-refractivity contribution is 6.21. The van der Waals surface area contributed by atoms with Gasteiger partial charge in [-0.05, 0) is 25.2 Å². The molecule has 1 aliphatic carbocycles. The summed E-state index contributed by atoms with van der Waals surface area (Å²) < 4.78 is 0. The minimum Gasteiger partial charge on any atom is -0.119 e. The summed E-state index contributed by atoms with van der Waals surface area (Å²) in [6, 6.07) is 0. The van der Waals surface area contributed by atoms with E-state index in [1.54, 1.807) is 0 Å². The molecule has 0 bridgehead atoms. The fourth-order valence-electron chi connectivity index (χ4n) is 1.14. The lowest BCUT2D eigenvalue weighted by atomic mass is 9.71. The Morgan fingerprint density at radius 3 is 2.67 bits per heavy atom. The summed E-state index contributed by atoms with van der Waals surface area (Å²) in [5.74, 6) is 0.741. The molecule has 2 radical (unpaired) electrons. The average Bonchev–Trinajstić information content (AvgIpc) is 1.60. The molecule has 0 spiro atoms. The molecule has 0 atom stereocenters. The summed E-state index contributed by atoms with van der Waals surface area (Å²) in [5.41, 5.74) is 1.13. The van der Waals surface area contributed by atoms with Gasteiger partial charge < -0.3 is 0 Å². The molecule has 1 heteroatoms. The summed E-state index contributed by atoms with van der Waals surface area (Å²) in [6.45, 7) is 2.13. The van der Waals surface area contributed by atoms with Crippen LogP contribution in [0.25, 0.3) is 0 Å². The van der Waals surface area contributed by atoms with Crippen LogP contribution in [0.1, 0.15) is 32.6 Å². The Hall–Kier alpha value is -0.195. The second-order valence-electron chi connectivity index (χ2n) is 2.74. The van der Waals surface area contributed by atoms with E-state index in [1.165, 1.54) is 19.3 Å². The van der Waals surface area contributed by atoms with Gasteiger partial charge >= 0.3 is 0 Å². The van der Waals surface area contributed by atoms with Crippen LogP contribution in [-0.2, 0) is 0 Å². The largest absolute Gasteiger partial charge is 0.119 e. The molecule has 0 N–H and O–H groups in total. The van der Waals surface area contributed by atoms with Gasteiger partial charge in [-0.25, -0.2) is 0 Å². The predicted octanol–water partition coefficient (Wildman–Crippen LogP) is 2.25. The maximum Gasteiger partial charge on any atom is 0.107 e. The zero-order chi connectivity index (χ0) is 6.69. The van der Waals surface area contributed by atoms with Crippen LogP contribution in [0, 0.1) is 5.92 Å². The maximum absolute atomic E-state index is 5.75. The average molecular weight is 120 g/mol. The number of hydrogen-bond donors (Lipinski definition) is 0. The lowest BCUT2D eigenvalue weighted by molar-refractivity contribution is 0.380. The second kappa shape index (κ2) is 3.10. The Kier molecular flexibility index (Phi) is 2.38. The third-order valence-electron chi connectivity index (χ3n) is 2.02. The zero-order valence-corrected chi connectivity index (χ0v) is 6.06. The van der Waals surface area contributed by atoms with E-state index in [2.05, 4.69) is 13.0 Å². The molecule has 0 saturated heterocycles. The molecule has 9 heavy (non-hydrogen) atoms. The van der Waals surface area contributed by atoms with Crippen molar-refractivity contribution in [3.05, 3.63) is 11.5 Å². The first-order valence-corrected chi connectivity index (χ1v) is 3.80. The first kappa shape index (κ1) is 6.92. The Morgan fingerprint density at radius 1 is 1.67 bits per heavy atom. The van der Waals surface area contributed by atoms with Gasteiger partial charge in [-0.2, -0.15) is 0 Å². The van der Waals surface area contributed by atoms with E-state index >= 15 is 0 Å². The van der Waals surface area contributed by atoms with Crippen molar-refractivity contribution >= 4 is 7.85 Å². The van der Waals surface area contributed by atoms with Crippen molar-refractivity contribution in [3.8, 4) is 0 Å². The summed E-state index contributed by atoms with van der Waals surface area (Å²) in [6.07, 6.45) is 7.25. The van der Waals surface area contributed by atoms with Crippen molar-refractivity contribution in [1.82, 2.24) is 0 Å². The Bertz CT molecular complexity index is 112. The highest BCUT2D eigenvalue weighted by Gasteiger charge is 2.17. The summed E-state index contributed by atoms with van der Waals surface area (Å²) in [7, 11) is 5.75. The van der Waals surface area contributed by atoms with E-state index in [9.17, 15) is 0 Å². The molecule has 0 heterocycles. The molecule has 48 valence electrons. The lowest BCUT2D eigenvalue weighted by Gasteiger charge is -2.26. The van der Waals surface area contributed by atoms with Gasteiger partial charge in [0.25, 0.3) is 0 Å². The fourth-order valence-corrected chi connectivity index (χ4v) is 1.14. The molecule has 1 rings (SSSR count). The van der Waals surface area contributed by atoms with Crippen LogP contribution in [0.3, 0.4) is 0 Å². The standard InChI is InChI=1S/C8H13B/c1-2-4-8(9)7-5-3-6-7/h4,7H,2-3,5-6H2,1H3/b8-4-. The van der Waals surface area contributed by atoms with Gasteiger partial charge in [0.2, 0.25) is 0 Å². The first-order valence-electron chi connectivity index (χ1n) is 3.80. The van der Waals surface area contributed by atoms with Gasteiger partial charge in [-0.1, -0.05) is 19.4 Å². The first-order chi connectivity index (χ1) is 4.34. The maximum atomic E-state index is 5.75. The molecule has 1 aliphatic rings. The molecule has 0 aliphatic heterocycles. The number of hydrogen-bond acceptors (Lipinski definition) is 0. The molecule has 0 amide bonds. The van der Waals surface area contributed by atoms with Gasteiger partial charge in [0.15, 0.2) is 0 Å².